The lowest BCUT2D eigenvalue weighted by molar-refractivity contribution is -0.117. The van der Waals surface area contributed by atoms with E-state index in [4.69, 9.17) is 4.74 Å². The van der Waals surface area contributed by atoms with Crippen molar-refractivity contribution in [2.45, 2.75) is 66.0 Å². The summed E-state index contributed by atoms with van der Waals surface area (Å²) in [6.07, 6.45) is 3.31. The van der Waals surface area contributed by atoms with E-state index in [0.717, 1.165) is 17.1 Å². The van der Waals surface area contributed by atoms with Crippen molar-refractivity contribution >= 4 is 34.4 Å². The maximum atomic E-state index is 15.5. The van der Waals surface area contributed by atoms with Crippen LogP contribution in [0.25, 0.3) is 5.57 Å². The summed E-state index contributed by atoms with van der Waals surface area (Å²) in [6.45, 7) is 11.3. The van der Waals surface area contributed by atoms with Gasteiger partial charge in [-0.25, -0.2) is 13.4 Å². The van der Waals surface area contributed by atoms with Crippen molar-refractivity contribution in [1.82, 2.24) is 9.62 Å². The van der Waals surface area contributed by atoms with Crippen molar-refractivity contribution < 1.29 is 28.0 Å². The SMILES string of the molecule is CC.CC(C)(C)OC(=O)N1CC(c2ccc(O)c(N3CC(=O)NS3=O)c2F)=CC1C1(C)CC1. The zero-order chi connectivity index (χ0) is 24.7. The highest BCUT2D eigenvalue weighted by Crippen LogP contribution is 2.53. The third-order valence-corrected chi connectivity index (χ3v) is 6.91. The molecule has 1 aromatic rings. The number of carbonyl (C=O) groups excluding carboxylic acids is 2. The fourth-order valence-corrected chi connectivity index (χ4v) is 4.88. The zero-order valence-electron chi connectivity index (χ0n) is 19.9. The van der Waals surface area contributed by atoms with Crippen LogP contribution in [0.1, 0.15) is 59.9 Å². The lowest BCUT2D eigenvalue weighted by Gasteiger charge is -2.31. The van der Waals surface area contributed by atoms with Gasteiger partial charge < -0.3 is 9.84 Å². The van der Waals surface area contributed by atoms with Crippen LogP contribution >= 0.6 is 0 Å². The van der Waals surface area contributed by atoms with Gasteiger partial charge >= 0.3 is 6.09 Å². The van der Waals surface area contributed by atoms with Gasteiger partial charge in [0.2, 0.25) is 11.2 Å². The normalized spacial score (nSPS) is 23.5. The molecule has 2 amide bonds. The molecule has 0 spiro atoms. The van der Waals surface area contributed by atoms with Crippen LogP contribution in [-0.2, 0) is 20.7 Å². The number of benzene rings is 1. The van der Waals surface area contributed by atoms with Gasteiger partial charge in [0, 0.05) is 5.56 Å². The summed E-state index contributed by atoms with van der Waals surface area (Å²) in [4.78, 5) is 26.0. The summed E-state index contributed by atoms with van der Waals surface area (Å²) in [5.41, 5.74) is -0.302. The molecule has 4 rings (SSSR count). The zero-order valence-corrected chi connectivity index (χ0v) is 20.7. The minimum absolute atomic E-state index is 0.0956. The van der Waals surface area contributed by atoms with E-state index in [1.807, 2.05) is 19.9 Å². The van der Waals surface area contributed by atoms with Gasteiger partial charge in [-0.2, -0.15) is 0 Å². The molecular weight excluding hydrogens is 449 g/mol. The summed E-state index contributed by atoms with van der Waals surface area (Å²) in [7, 11) is 0. The van der Waals surface area contributed by atoms with Crippen LogP contribution in [0.4, 0.5) is 14.9 Å². The number of phenols is 1. The van der Waals surface area contributed by atoms with Gasteiger partial charge in [0.1, 0.15) is 23.6 Å². The van der Waals surface area contributed by atoms with Crippen LogP contribution in [0.5, 0.6) is 5.75 Å². The number of rotatable bonds is 3. The molecule has 3 aliphatic rings. The predicted octanol–water partition coefficient (Wildman–Crippen LogP) is 3.88. The van der Waals surface area contributed by atoms with E-state index in [1.165, 1.54) is 12.1 Å². The average molecular weight is 482 g/mol. The number of anilines is 1. The first kappa shape index (κ1) is 25.0. The van der Waals surface area contributed by atoms with E-state index >= 15 is 4.39 Å². The number of amides is 2. The van der Waals surface area contributed by atoms with Crippen LogP contribution in [0.3, 0.4) is 0 Å². The highest BCUT2D eigenvalue weighted by molar-refractivity contribution is 7.85. The van der Waals surface area contributed by atoms with Crippen LogP contribution in [-0.4, -0.2) is 50.9 Å². The highest BCUT2D eigenvalue weighted by Gasteiger charge is 2.51. The monoisotopic (exact) mass is 481 g/mol. The molecule has 2 unspecified atom stereocenters. The van der Waals surface area contributed by atoms with Crippen molar-refractivity contribution in [2.24, 2.45) is 5.41 Å². The van der Waals surface area contributed by atoms with E-state index in [9.17, 15) is 18.9 Å². The van der Waals surface area contributed by atoms with E-state index in [2.05, 4.69) is 11.6 Å². The first-order valence-corrected chi connectivity index (χ1v) is 12.2. The summed E-state index contributed by atoms with van der Waals surface area (Å²) >= 11 is -1.98. The Kier molecular flexibility index (Phi) is 6.79. The number of carbonyl (C=O) groups is 2. The van der Waals surface area contributed by atoms with Gasteiger partial charge in [0.15, 0.2) is 5.82 Å². The van der Waals surface area contributed by atoms with Gasteiger partial charge in [-0.05, 0) is 56.7 Å². The molecule has 0 radical (unpaired) electrons. The molecule has 2 aliphatic heterocycles. The predicted molar refractivity (Wildman–Crippen MR) is 125 cm³/mol. The average Bonchev–Trinajstić information content (AvgIpc) is 3.16. The smallest absolute Gasteiger partial charge is 0.411 e. The first-order valence-electron chi connectivity index (χ1n) is 11.1. The van der Waals surface area contributed by atoms with Gasteiger partial charge in [0.05, 0.1) is 12.6 Å². The molecule has 1 aromatic carbocycles. The van der Waals surface area contributed by atoms with Gasteiger partial charge in [-0.15, -0.1) is 0 Å². The number of hydrogen-bond donors (Lipinski definition) is 2. The third-order valence-electron chi connectivity index (χ3n) is 5.79. The van der Waals surface area contributed by atoms with Crippen LogP contribution < -0.4 is 9.03 Å². The lowest BCUT2D eigenvalue weighted by atomic mass is 9.97. The second-order valence-corrected chi connectivity index (χ2v) is 10.6. The Morgan fingerprint density at radius 3 is 2.42 bits per heavy atom. The number of nitrogens with zero attached hydrogens (tertiary/aromatic N) is 2. The number of phenolic OH excluding ortho intramolecular Hbond substituents is 1. The molecule has 8 nitrogen and oxygen atoms in total. The van der Waals surface area contributed by atoms with Crippen LogP contribution in [0.2, 0.25) is 0 Å². The number of halogens is 1. The Morgan fingerprint density at radius 2 is 1.91 bits per heavy atom. The summed E-state index contributed by atoms with van der Waals surface area (Å²) in [6, 6.07) is 2.50. The molecule has 2 heterocycles. The molecular formula is C23H32FN3O5S. The van der Waals surface area contributed by atoms with E-state index < -0.39 is 40.3 Å². The fourth-order valence-electron chi connectivity index (χ4n) is 3.93. The summed E-state index contributed by atoms with van der Waals surface area (Å²) in [5.74, 6) is -1.73. The lowest BCUT2D eigenvalue weighted by Crippen LogP contribution is -2.43. The van der Waals surface area contributed by atoms with Gasteiger partial charge in [-0.3, -0.25) is 18.7 Å². The fraction of sp³-hybridized carbons (Fsp3) is 0.565. The molecule has 33 heavy (non-hydrogen) atoms. The molecule has 1 aliphatic carbocycles. The van der Waals surface area contributed by atoms with E-state index in [-0.39, 0.29) is 35.8 Å². The largest absolute Gasteiger partial charge is 0.506 e. The number of aromatic hydroxyl groups is 1. The molecule has 0 bridgehead atoms. The van der Waals surface area contributed by atoms with Crippen molar-refractivity contribution in [3.63, 3.8) is 0 Å². The Bertz CT molecular complexity index is 1020. The standard InChI is InChI=1S/C21H26FN3O5S.C2H6/c1-20(2,3)30-19(28)24-10-12(9-15(24)21(4)7-8-21)13-5-6-14(26)18(17(13)22)25-11-16(27)23-31(25)29;1-2/h5-6,9,15,26H,7-8,10-11H2,1-4H3,(H,23,27);1-2H3. The summed E-state index contributed by atoms with van der Waals surface area (Å²) < 4.78 is 36.4. The van der Waals surface area contributed by atoms with Crippen molar-refractivity contribution in [3.8, 4) is 5.75 Å². The maximum absolute atomic E-state index is 15.5. The molecule has 1 saturated heterocycles. The number of nitrogens with one attached hydrogen (secondary N) is 1. The highest BCUT2D eigenvalue weighted by atomic mass is 32.2. The molecule has 2 atom stereocenters. The second-order valence-electron chi connectivity index (χ2n) is 9.50. The minimum atomic E-state index is -1.98. The molecule has 1 saturated carbocycles. The molecule has 10 heteroatoms. The maximum Gasteiger partial charge on any atom is 0.411 e. The van der Waals surface area contributed by atoms with Crippen molar-refractivity contribution in [3.05, 3.63) is 29.6 Å². The Balaban J connectivity index is 0.00000149. The molecule has 2 fully saturated rings. The quantitative estimate of drug-likeness (QED) is 0.683. The Labute approximate surface area is 196 Å². The van der Waals surface area contributed by atoms with Crippen molar-refractivity contribution in [1.29, 1.82) is 0 Å². The topological polar surface area (TPSA) is 99.2 Å². The van der Waals surface area contributed by atoms with Gasteiger partial charge in [-0.1, -0.05) is 26.8 Å². The van der Waals surface area contributed by atoms with Gasteiger partial charge in [0.25, 0.3) is 5.91 Å². The number of ether oxygens (including phenoxy) is 1. The number of hydrogen-bond acceptors (Lipinski definition) is 5. The van der Waals surface area contributed by atoms with E-state index in [0.29, 0.717) is 5.57 Å². The second kappa shape index (κ2) is 8.96. The first-order chi connectivity index (χ1) is 15.4. The van der Waals surface area contributed by atoms with Crippen molar-refractivity contribution in [2.75, 3.05) is 17.4 Å². The third kappa shape index (κ3) is 5.00. The minimum Gasteiger partial charge on any atom is -0.506 e. The molecule has 2 N–H and O–H groups in total. The molecule has 182 valence electrons. The molecule has 0 aromatic heterocycles. The Morgan fingerprint density at radius 1 is 1.27 bits per heavy atom. The summed E-state index contributed by atoms with van der Waals surface area (Å²) in [5, 5.41) is 10.2. The Hall–Kier alpha value is -2.62. The van der Waals surface area contributed by atoms with E-state index in [1.54, 1.807) is 25.7 Å². The van der Waals surface area contributed by atoms with Crippen LogP contribution in [0.15, 0.2) is 18.2 Å². The van der Waals surface area contributed by atoms with Crippen LogP contribution in [0, 0.1) is 11.2 Å².